The van der Waals surface area contributed by atoms with Gasteiger partial charge in [0.25, 0.3) is 0 Å². The summed E-state index contributed by atoms with van der Waals surface area (Å²) >= 11 is 0. The Morgan fingerprint density at radius 2 is 2.11 bits per heavy atom. The van der Waals surface area contributed by atoms with Crippen LogP contribution in [-0.2, 0) is 16.3 Å². The minimum absolute atomic E-state index is 0.328. The van der Waals surface area contributed by atoms with Crippen molar-refractivity contribution >= 4 is 15.5 Å². The molecule has 5 nitrogen and oxygen atoms in total. The molecule has 0 spiro atoms. The summed E-state index contributed by atoms with van der Waals surface area (Å²) in [6, 6.07) is 6.90. The minimum atomic E-state index is -3.20. The summed E-state index contributed by atoms with van der Waals surface area (Å²) in [6.07, 6.45) is 5.35. The maximum absolute atomic E-state index is 11.6. The number of nitrogens with zero attached hydrogens (tertiary/aromatic N) is 1. The second kappa shape index (κ2) is 5.22. The quantitative estimate of drug-likeness (QED) is 0.858. The van der Waals surface area contributed by atoms with Crippen LogP contribution in [0.25, 0.3) is 0 Å². The summed E-state index contributed by atoms with van der Waals surface area (Å²) in [5.41, 5.74) is 1.65. The SMILES string of the molecule is CS(=O)(=O)c1ccccc1NCCc1cnc[nH]1. The Bertz CT molecular complexity index is 606. The lowest BCUT2D eigenvalue weighted by Crippen LogP contribution is -2.09. The van der Waals surface area contributed by atoms with Gasteiger partial charge in [0, 0.05) is 31.1 Å². The van der Waals surface area contributed by atoms with Gasteiger partial charge in [-0.25, -0.2) is 13.4 Å². The number of rotatable bonds is 5. The molecule has 18 heavy (non-hydrogen) atoms. The van der Waals surface area contributed by atoms with Crippen LogP contribution in [0.1, 0.15) is 5.69 Å². The van der Waals surface area contributed by atoms with Gasteiger partial charge in [0.2, 0.25) is 0 Å². The fourth-order valence-corrected chi connectivity index (χ4v) is 2.55. The molecule has 0 aliphatic carbocycles. The van der Waals surface area contributed by atoms with Crippen molar-refractivity contribution in [3.8, 4) is 0 Å². The molecule has 0 saturated heterocycles. The number of para-hydroxylation sites is 1. The van der Waals surface area contributed by atoms with Gasteiger partial charge >= 0.3 is 0 Å². The number of imidazole rings is 1. The molecule has 1 aromatic carbocycles. The number of anilines is 1. The molecule has 1 heterocycles. The number of H-pyrrole nitrogens is 1. The fraction of sp³-hybridized carbons (Fsp3) is 0.250. The molecule has 0 fully saturated rings. The monoisotopic (exact) mass is 265 g/mol. The van der Waals surface area contributed by atoms with Gasteiger partial charge in [-0.15, -0.1) is 0 Å². The maximum Gasteiger partial charge on any atom is 0.177 e. The molecule has 96 valence electrons. The van der Waals surface area contributed by atoms with Crippen LogP contribution < -0.4 is 5.32 Å². The van der Waals surface area contributed by atoms with E-state index in [0.717, 1.165) is 12.1 Å². The van der Waals surface area contributed by atoms with Gasteiger partial charge in [-0.1, -0.05) is 12.1 Å². The van der Waals surface area contributed by atoms with Crippen LogP contribution in [0, 0.1) is 0 Å². The summed E-state index contributed by atoms with van der Waals surface area (Å²) < 4.78 is 23.2. The van der Waals surface area contributed by atoms with Gasteiger partial charge in [0.15, 0.2) is 9.84 Å². The van der Waals surface area contributed by atoms with Crippen LogP contribution in [-0.4, -0.2) is 31.2 Å². The molecule has 0 amide bonds. The minimum Gasteiger partial charge on any atom is -0.384 e. The topological polar surface area (TPSA) is 74.8 Å². The van der Waals surface area contributed by atoms with Crippen molar-refractivity contribution in [2.45, 2.75) is 11.3 Å². The third-order valence-corrected chi connectivity index (χ3v) is 3.71. The predicted octanol–water partition coefficient (Wildman–Crippen LogP) is 1.47. The van der Waals surface area contributed by atoms with Gasteiger partial charge in [0.05, 0.1) is 16.9 Å². The fourth-order valence-electron chi connectivity index (χ4n) is 1.69. The Hall–Kier alpha value is -1.82. The van der Waals surface area contributed by atoms with Crippen molar-refractivity contribution in [2.24, 2.45) is 0 Å². The largest absolute Gasteiger partial charge is 0.384 e. The molecule has 2 N–H and O–H groups in total. The Labute approximate surface area is 106 Å². The van der Waals surface area contributed by atoms with Crippen LogP contribution in [0.5, 0.6) is 0 Å². The van der Waals surface area contributed by atoms with Crippen LogP contribution >= 0.6 is 0 Å². The van der Waals surface area contributed by atoms with E-state index in [0.29, 0.717) is 17.1 Å². The summed E-state index contributed by atoms with van der Waals surface area (Å²) in [4.78, 5) is 7.25. The van der Waals surface area contributed by atoms with Gasteiger partial charge in [-0.05, 0) is 12.1 Å². The van der Waals surface area contributed by atoms with Crippen molar-refractivity contribution in [1.29, 1.82) is 0 Å². The van der Waals surface area contributed by atoms with Crippen molar-refractivity contribution in [3.05, 3.63) is 42.5 Å². The highest BCUT2D eigenvalue weighted by molar-refractivity contribution is 7.90. The van der Waals surface area contributed by atoms with Crippen molar-refractivity contribution in [3.63, 3.8) is 0 Å². The summed E-state index contributed by atoms with van der Waals surface area (Å²) in [5, 5.41) is 3.13. The zero-order chi connectivity index (χ0) is 13.0. The predicted molar refractivity (Wildman–Crippen MR) is 70.3 cm³/mol. The molecule has 0 radical (unpaired) electrons. The van der Waals surface area contributed by atoms with Crippen LogP contribution in [0.3, 0.4) is 0 Å². The van der Waals surface area contributed by atoms with E-state index in [2.05, 4.69) is 15.3 Å². The third-order valence-electron chi connectivity index (χ3n) is 2.55. The molecule has 0 aliphatic heterocycles. The molecule has 6 heteroatoms. The van der Waals surface area contributed by atoms with Crippen molar-refractivity contribution in [1.82, 2.24) is 9.97 Å². The molecule has 0 atom stereocenters. The second-order valence-corrected chi connectivity index (χ2v) is 6.01. The van der Waals surface area contributed by atoms with Gasteiger partial charge in [-0.2, -0.15) is 0 Å². The van der Waals surface area contributed by atoms with Crippen molar-refractivity contribution in [2.75, 3.05) is 18.1 Å². The lowest BCUT2D eigenvalue weighted by molar-refractivity contribution is 0.602. The molecule has 1 aromatic heterocycles. The number of hydrogen-bond acceptors (Lipinski definition) is 4. The Morgan fingerprint density at radius 1 is 1.33 bits per heavy atom. The third kappa shape index (κ3) is 3.10. The number of aromatic nitrogens is 2. The number of sulfone groups is 1. The van der Waals surface area contributed by atoms with E-state index in [9.17, 15) is 8.42 Å². The number of benzene rings is 1. The van der Waals surface area contributed by atoms with E-state index in [1.807, 2.05) is 6.07 Å². The number of aromatic amines is 1. The lowest BCUT2D eigenvalue weighted by Gasteiger charge is -2.09. The Balaban J connectivity index is 2.06. The molecule has 2 rings (SSSR count). The molecular weight excluding hydrogens is 250 g/mol. The molecule has 0 bridgehead atoms. The first-order valence-electron chi connectivity index (χ1n) is 5.57. The van der Waals surface area contributed by atoms with E-state index >= 15 is 0 Å². The molecule has 0 saturated carbocycles. The van der Waals surface area contributed by atoms with Crippen LogP contribution in [0.15, 0.2) is 41.7 Å². The number of nitrogens with one attached hydrogen (secondary N) is 2. The van der Waals surface area contributed by atoms with Gasteiger partial charge in [0.1, 0.15) is 0 Å². The average Bonchev–Trinajstić information content (AvgIpc) is 2.81. The van der Waals surface area contributed by atoms with E-state index in [-0.39, 0.29) is 0 Å². The van der Waals surface area contributed by atoms with Crippen LogP contribution in [0.2, 0.25) is 0 Å². The van der Waals surface area contributed by atoms with Crippen LogP contribution in [0.4, 0.5) is 5.69 Å². The zero-order valence-corrected chi connectivity index (χ0v) is 10.9. The van der Waals surface area contributed by atoms with Gasteiger partial charge in [-0.3, -0.25) is 0 Å². The zero-order valence-electron chi connectivity index (χ0n) is 10.1. The Kier molecular flexibility index (Phi) is 3.66. The highest BCUT2D eigenvalue weighted by Crippen LogP contribution is 2.20. The first-order chi connectivity index (χ1) is 8.57. The summed E-state index contributed by atoms with van der Waals surface area (Å²) in [6.45, 7) is 0.648. The Morgan fingerprint density at radius 3 is 2.78 bits per heavy atom. The standard InChI is InChI=1S/C12H15N3O2S/c1-18(16,17)12-5-3-2-4-11(12)14-7-6-10-8-13-9-15-10/h2-5,8-9,14H,6-7H2,1H3,(H,13,15). The molecular formula is C12H15N3O2S. The molecule has 2 aromatic rings. The van der Waals surface area contributed by atoms with E-state index in [1.165, 1.54) is 6.26 Å². The first-order valence-corrected chi connectivity index (χ1v) is 7.47. The highest BCUT2D eigenvalue weighted by Gasteiger charge is 2.11. The summed E-state index contributed by atoms with van der Waals surface area (Å²) in [5.74, 6) is 0. The molecule has 0 aliphatic rings. The first kappa shape index (κ1) is 12.6. The molecule has 0 unspecified atom stereocenters. The van der Waals surface area contributed by atoms with E-state index in [1.54, 1.807) is 30.7 Å². The second-order valence-electron chi connectivity index (χ2n) is 4.02. The van der Waals surface area contributed by atoms with Crippen molar-refractivity contribution < 1.29 is 8.42 Å². The highest BCUT2D eigenvalue weighted by atomic mass is 32.2. The maximum atomic E-state index is 11.6. The smallest absolute Gasteiger partial charge is 0.177 e. The average molecular weight is 265 g/mol. The number of hydrogen-bond donors (Lipinski definition) is 2. The lowest BCUT2D eigenvalue weighted by atomic mass is 10.3. The normalized spacial score (nSPS) is 11.4. The van der Waals surface area contributed by atoms with E-state index < -0.39 is 9.84 Å². The van der Waals surface area contributed by atoms with E-state index in [4.69, 9.17) is 0 Å². The summed E-state index contributed by atoms with van der Waals surface area (Å²) in [7, 11) is -3.20. The van der Waals surface area contributed by atoms with Gasteiger partial charge < -0.3 is 10.3 Å².